The van der Waals surface area contributed by atoms with E-state index in [4.69, 9.17) is 9.73 Å². The quantitative estimate of drug-likeness (QED) is 0.651. The summed E-state index contributed by atoms with van der Waals surface area (Å²) in [4.78, 5) is 11.1. The van der Waals surface area contributed by atoms with Gasteiger partial charge in [-0.05, 0) is 37.5 Å². The van der Waals surface area contributed by atoms with Gasteiger partial charge < -0.3 is 19.5 Å². The van der Waals surface area contributed by atoms with Gasteiger partial charge in [0.25, 0.3) is 0 Å². The molecule has 7 heteroatoms. The van der Waals surface area contributed by atoms with Gasteiger partial charge in [0.2, 0.25) is 0 Å². The molecule has 28 heavy (non-hydrogen) atoms. The molecule has 0 amide bonds. The molecular formula is C21H26FN5O. The van der Waals surface area contributed by atoms with Crippen molar-refractivity contribution in [2.45, 2.75) is 38.5 Å². The Labute approximate surface area is 164 Å². The molecule has 4 atom stereocenters. The number of guanidine groups is 1. The van der Waals surface area contributed by atoms with E-state index in [1.54, 1.807) is 35.4 Å². The van der Waals surface area contributed by atoms with Crippen LogP contribution < -0.4 is 5.32 Å². The molecule has 1 aromatic carbocycles. The van der Waals surface area contributed by atoms with E-state index in [0.29, 0.717) is 36.3 Å². The molecule has 3 saturated heterocycles. The summed E-state index contributed by atoms with van der Waals surface area (Å²) in [5.74, 6) is 1.93. The predicted molar refractivity (Wildman–Crippen MR) is 105 cm³/mol. The van der Waals surface area contributed by atoms with Crippen molar-refractivity contribution in [1.82, 2.24) is 19.8 Å². The zero-order valence-electron chi connectivity index (χ0n) is 16.1. The highest BCUT2D eigenvalue weighted by Gasteiger charge is 2.53. The normalized spacial score (nSPS) is 28.8. The smallest absolute Gasteiger partial charge is 0.194 e. The van der Waals surface area contributed by atoms with Crippen molar-refractivity contribution in [3.05, 3.63) is 48.3 Å². The molecule has 0 saturated carbocycles. The second-order valence-electron chi connectivity index (χ2n) is 7.95. The third-order valence-electron chi connectivity index (χ3n) is 6.29. The van der Waals surface area contributed by atoms with Crippen molar-refractivity contribution < 1.29 is 9.13 Å². The maximum atomic E-state index is 14.5. The lowest BCUT2D eigenvalue weighted by atomic mass is 9.82. The molecule has 0 spiro atoms. The highest BCUT2D eigenvalue weighted by molar-refractivity contribution is 5.80. The van der Waals surface area contributed by atoms with Crippen LogP contribution in [0.2, 0.25) is 0 Å². The number of nitrogens with one attached hydrogen (secondary N) is 1. The van der Waals surface area contributed by atoms with E-state index in [0.717, 1.165) is 31.2 Å². The van der Waals surface area contributed by atoms with E-state index >= 15 is 0 Å². The molecule has 2 aromatic rings. The Bertz CT molecular complexity index is 850. The van der Waals surface area contributed by atoms with Crippen molar-refractivity contribution in [2.75, 3.05) is 19.6 Å². The third kappa shape index (κ3) is 3.07. The molecule has 2 bridgehead atoms. The summed E-state index contributed by atoms with van der Waals surface area (Å²) < 4.78 is 22.2. The molecular weight excluding hydrogens is 357 g/mol. The number of fused-ring (bicyclic) bond motifs is 5. The van der Waals surface area contributed by atoms with Crippen LogP contribution in [0.15, 0.2) is 41.9 Å². The fourth-order valence-corrected chi connectivity index (χ4v) is 4.98. The van der Waals surface area contributed by atoms with Crippen LogP contribution in [0.3, 0.4) is 0 Å². The molecule has 0 radical (unpaired) electrons. The van der Waals surface area contributed by atoms with Gasteiger partial charge in [-0.2, -0.15) is 0 Å². The van der Waals surface area contributed by atoms with Gasteiger partial charge in [-0.1, -0.05) is 6.07 Å². The van der Waals surface area contributed by atoms with E-state index in [1.807, 2.05) is 6.07 Å². The topological polar surface area (TPSA) is 54.7 Å². The predicted octanol–water partition coefficient (Wildman–Crippen LogP) is 2.59. The minimum atomic E-state index is -0.264. The number of aliphatic imine (C=N–C) groups is 1. The van der Waals surface area contributed by atoms with Crippen molar-refractivity contribution in [1.29, 1.82) is 0 Å². The van der Waals surface area contributed by atoms with E-state index in [-0.39, 0.29) is 5.82 Å². The van der Waals surface area contributed by atoms with E-state index in [2.05, 4.69) is 22.1 Å². The summed E-state index contributed by atoms with van der Waals surface area (Å²) in [6.45, 7) is 5.37. The molecule has 1 N–H and O–H groups in total. The van der Waals surface area contributed by atoms with Gasteiger partial charge in [0.05, 0.1) is 30.8 Å². The zero-order chi connectivity index (χ0) is 19.1. The number of imidazole rings is 1. The van der Waals surface area contributed by atoms with Crippen LogP contribution in [0, 0.1) is 17.7 Å². The van der Waals surface area contributed by atoms with Gasteiger partial charge in [-0.25, -0.2) is 14.4 Å². The maximum absolute atomic E-state index is 14.5. The van der Waals surface area contributed by atoms with Gasteiger partial charge in [-0.3, -0.25) is 0 Å². The monoisotopic (exact) mass is 383 g/mol. The maximum Gasteiger partial charge on any atom is 0.194 e. The lowest BCUT2D eigenvalue weighted by molar-refractivity contribution is 0.0767. The zero-order valence-corrected chi connectivity index (χ0v) is 16.1. The first-order valence-corrected chi connectivity index (χ1v) is 10.2. The number of hydrogen-bond donors (Lipinski definition) is 1. The van der Waals surface area contributed by atoms with Crippen LogP contribution in [0.5, 0.6) is 0 Å². The molecule has 3 aliphatic rings. The van der Waals surface area contributed by atoms with E-state index in [9.17, 15) is 4.39 Å². The summed E-state index contributed by atoms with van der Waals surface area (Å²) in [5, 5.41) is 3.41. The fourth-order valence-electron chi connectivity index (χ4n) is 4.98. The van der Waals surface area contributed by atoms with Crippen LogP contribution in [0.4, 0.5) is 4.39 Å². The Balaban J connectivity index is 1.30. The number of likely N-dealkylation sites (tertiary alicyclic amines) is 1. The van der Waals surface area contributed by atoms with Crippen LogP contribution in [0.25, 0.3) is 5.69 Å². The lowest BCUT2D eigenvalue weighted by Gasteiger charge is -2.23. The molecule has 5 rings (SSSR count). The number of hydrogen-bond acceptors (Lipinski definition) is 3. The fraction of sp³-hybridized carbons (Fsp3) is 0.524. The van der Waals surface area contributed by atoms with E-state index < -0.39 is 0 Å². The number of aromatic nitrogens is 2. The Hall–Kier alpha value is -2.41. The number of halogens is 1. The molecule has 0 aliphatic carbocycles. The summed E-state index contributed by atoms with van der Waals surface area (Å²) in [5.41, 5.74) is 1.36. The number of benzene rings is 1. The molecule has 3 fully saturated rings. The Morgan fingerprint density at radius 2 is 2.07 bits per heavy atom. The summed E-state index contributed by atoms with van der Waals surface area (Å²) in [6, 6.07) is 5.28. The molecule has 1 aromatic heterocycles. The van der Waals surface area contributed by atoms with Crippen molar-refractivity contribution in [2.24, 2.45) is 16.8 Å². The summed E-state index contributed by atoms with van der Waals surface area (Å²) in [6.07, 6.45) is 8.26. The number of nitrogens with zero attached hydrogens (tertiary/aromatic N) is 4. The standard InChI is InChI=1S/C21H26FN5O/c1-2-24-21(27-11-15-16(12-27)20-6-5-19(15)28-20)25-10-14-3-4-18(17(22)9-14)26-8-7-23-13-26/h3-4,7-9,13,15-16,19-20H,2,5-6,10-12H2,1H3,(H,24,25). The van der Waals surface area contributed by atoms with Crippen LogP contribution >= 0.6 is 0 Å². The minimum absolute atomic E-state index is 0.264. The highest BCUT2D eigenvalue weighted by Crippen LogP contribution is 2.47. The first kappa shape index (κ1) is 17.7. The number of ether oxygens (including phenoxy) is 1. The van der Waals surface area contributed by atoms with Crippen LogP contribution in [0.1, 0.15) is 25.3 Å². The average molecular weight is 383 g/mol. The van der Waals surface area contributed by atoms with E-state index in [1.165, 1.54) is 12.8 Å². The molecule has 4 unspecified atom stereocenters. The van der Waals surface area contributed by atoms with Gasteiger partial charge in [0.1, 0.15) is 5.82 Å². The molecule has 4 heterocycles. The second kappa shape index (κ2) is 7.20. The van der Waals surface area contributed by atoms with Gasteiger partial charge in [0, 0.05) is 43.9 Å². The summed E-state index contributed by atoms with van der Waals surface area (Å²) in [7, 11) is 0. The van der Waals surface area contributed by atoms with Crippen molar-refractivity contribution in [3.8, 4) is 5.69 Å². The minimum Gasteiger partial charge on any atom is -0.374 e. The van der Waals surface area contributed by atoms with Crippen molar-refractivity contribution in [3.63, 3.8) is 0 Å². The third-order valence-corrected chi connectivity index (χ3v) is 6.29. The van der Waals surface area contributed by atoms with Crippen LogP contribution in [-0.4, -0.2) is 52.3 Å². The first-order chi connectivity index (χ1) is 13.7. The SMILES string of the molecule is CCNC(=NCc1ccc(-n2ccnc2)c(F)c1)N1CC2C3CCC(O3)C2C1. The van der Waals surface area contributed by atoms with Crippen LogP contribution in [-0.2, 0) is 11.3 Å². The van der Waals surface area contributed by atoms with Crippen molar-refractivity contribution >= 4 is 5.96 Å². The Kier molecular flexibility index (Phi) is 4.55. The van der Waals surface area contributed by atoms with Gasteiger partial charge in [-0.15, -0.1) is 0 Å². The Morgan fingerprint density at radius 1 is 1.29 bits per heavy atom. The summed E-state index contributed by atoms with van der Waals surface area (Å²) >= 11 is 0. The second-order valence-corrected chi connectivity index (χ2v) is 7.95. The van der Waals surface area contributed by atoms with Gasteiger partial charge >= 0.3 is 0 Å². The lowest BCUT2D eigenvalue weighted by Crippen LogP contribution is -2.41. The van der Waals surface area contributed by atoms with Gasteiger partial charge in [0.15, 0.2) is 5.96 Å². The molecule has 148 valence electrons. The largest absolute Gasteiger partial charge is 0.374 e. The number of rotatable bonds is 4. The first-order valence-electron chi connectivity index (χ1n) is 10.2. The Morgan fingerprint density at radius 3 is 2.71 bits per heavy atom. The molecule has 3 aliphatic heterocycles. The molecule has 6 nitrogen and oxygen atoms in total. The highest BCUT2D eigenvalue weighted by atomic mass is 19.1. The average Bonchev–Trinajstić information content (AvgIpc) is 3.47.